The van der Waals surface area contributed by atoms with Gasteiger partial charge in [0.05, 0.1) is 5.02 Å². The van der Waals surface area contributed by atoms with Crippen LogP contribution in [-0.4, -0.2) is 21.2 Å². The average molecular weight is 296 g/mol. The minimum absolute atomic E-state index is 0.0249. The van der Waals surface area contributed by atoms with E-state index in [0.29, 0.717) is 16.8 Å². The maximum atomic E-state index is 11.9. The van der Waals surface area contributed by atoms with Crippen molar-refractivity contribution in [3.8, 4) is 5.75 Å². The Bertz CT molecular complexity index is 705. The number of aromatic hydroxyl groups is 1. The third-order valence-corrected chi connectivity index (χ3v) is 3.44. The SMILES string of the molecule is Cc1[nH][nH]c(=O)c1[C@@H](CC(N)=O)c1ccc(O)c(Cl)c1. The van der Waals surface area contributed by atoms with Crippen molar-refractivity contribution in [3.63, 3.8) is 0 Å². The zero-order valence-corrected chi connectivity index (χ0v) is 11.5. The first-order valence-electron chi connectivity index (χ1n) is 5.94. The highest BCUT2D eigenvalue weighted by atomic mass is 35.5. The number of phenols is 1. The Balaban J connectivity index is 2.55. The van der Waals surface area contributed by atoms with Crippen LogP contribution < -0.4 is 11.3 Å². The van der Waals surface area contributed by atoms with Gasteiger partial charge in [0.2, 0.25) is 5.91 Å². The summed E-state index contributed by atoms with van der Waals surface area (Å²) in [5, 5.41) is 14.8. The van der Waals surface area contributed by atoms with Crippen molar-refractivity contribution >= 4 is 17.5 Å². The number of amides is 1. The van der Waals surface area contributed by atoms with Gasteiger partial charge in [-0.05, 0) is 24.6 Å². The largest absolute Gasteiger partial charge is 0.506 e. The van der Waals surface area contributed by atoms with Gasteiger partial charge in [0.15, 0.2) is 0 Å². The molecule has 0 aliphatic rings. The van der Waals surface area contributed by atoms with Crippen molar-refractivity contribution in [2.75, 3.05) is 0 Å². The van der Waals surface area contributed by atoms with Crippen LogP contribution in [-0.2, 0) is 4.79 Å². The molecule has 0 fully saturated rings. The average Bonchev–Trinajstić information content (AvgIpc) is 2.70. The quantitative estimate of drug-likeness (QED) is 0.683. The number of rotatable bonds is 4. The number of carbonyl (C=O) groups excluding carboxylic acids is 1. The molecule has 1 heterocycles. The molecule has 0 aliphatic carbocycles. The lowest BCUT2D eigenvalue weighted by Gasteiger charge is -2.15. The molecule has 6 nitrogen and oxygen atoms in total. The van der Waals surface area contributed by atoms with E-state index in [1.165, 1.54) is 12.1 Å². The minimum Gasteiger partial charge on any atom is -0.506 e. The van der Waals surface area contributed by atoms with E-state index in [1.807, 2.05) is 0 Å². The van der Waals surface area contributed by atoms with Crippen molar-refractivity contribution in [1.82, 2.24) is 10.2 Å². The third-order valence-electron chi connectivity index (χ3n) is 3.14. The highest BCUT2D eigenvalue weighted by Gasteiger charge is 2.23. The molecule has 0 radical (unpaired) electrons. The van der Waals surface area contributed by atoms with Gasteiger partial charge in [-0.15, -0.1) is 0 Å². The number of nitrogens with one attached hydrogen (secondary N) is 2. The first-order chi connectivity index (χ1) is 9.40. The van der Waals surface area contributed by atoms with Crippen LogP contribution in [0.1, 0.15) is 29.2 Å². The molecule has 2 rings (SSSR count). The molecule has 0 aliphatic heterocycles. The van der Waals surface area contributed by atoms with Gasteiger partial charge >= 0.3 is 0 Å². The lowest BCUT2D eigenvalue weighted by atomic mass is 9.88. The first kappa shape index (κ1) is 14.2. The zero-order valence-electron chi connectivity index (χ0n) is 10.7. The van der Waals surface area contributed by atoms with Crippen molar-refractivity contribution in [2.45, 2.75) is 19.3 Å². The Kier molecular flexibility index (Phi) is 3.85. The topological polar surface area (TPSA) is 112 Å². The number of aryl methyl sites for hydroxylation is 1. The summed E-state index contributed by atoms with van der Waals surface area (Å²) in [6, 6.07) is 4.55. The van der Waals surface area contributed by atoms with Crippen molar-refractivity contribution < 1.29 is 9.90 Å². The van der Waals surface area contributed by atoms with Crippen LogP contribution in [0.5, 0.6) is 5.75 Å². The molecular formula is C13H14ClN3O3. The van der Waals surface area contributed by atoms with E-state index in [1.54, 1.807) is 13.0 Å². The molecule has 1 aromatic heterocycles. The van der Waals surface area contributed by atoms with E-state index >= 15 is 0 Å². The summed E-state index contributed by atoms with van der Waals surface area (Å²) in [7, 11) is 0. The Morgan fingerprint density at radius 2 is 2.15 bits per heavy atom. The summed E-state index contributed by atoms with van der Waals surface area (Å²) in [6.07, 6.45) is -0.0249. The standard InChI is InChI=1S/C13H14ClN3O3/c1-6-12(13(20)17-16-6)8(5-11(15)19)7-2-3-10(18)9(14)4-7/h2-4,8,18H,5H2,1H3,(H2,15,19)(H2,16,17,20)/t8-/m0/s1. The van der Waals surface area contributed by atoms with Crippen molar-refractivity contribution in [3.05, 3.63) is 50.4 Å². The monoisotopic (exact) mass is 295 g/mol. The lowest BCUT2D eigenvalue weighted by Crippen LogP contribution is -2.20. The highest BCUT2D eigenvalue weighted by molar-refractivity contribution is 6.32. The summed E-state index contributed by atoms with van der Waals surface area (Å²) >= 11 is 5.88. The number of H-pyrrole nitrogens is 2. The molecule has 1 atom stereocenters. The number of aromatic amines is 2. The first-order valence-corrected chi connectivity index (χ1v) is 6.31. The van der Waals surface area contributed by atoms with Crippen molar-refractivity contribution in [2.24, 2.45) is 5.73 Å². The molecule has 1 aromatic carbocycles. The number of carbonyl (C=O) groups is 1. The molecule has 0 unspecified atom stereocenters. The maximum absolute atomic E-state index is 11.9. The van der Waals surface area contributed by atoms with Crippen LogP contribution in [0.25, 0.3) is 0 Å². The fourth-order valence-electron chi connectivity index (χ4n) is 2.20. The Hall–Kier alpha value is -2.21. The fourth-order valence-corrected chi connectivity index (χ4v) is 2.39. The molecule has 1 amide bonds. The van der Waals surface area contributed by atoms with Gasteiger partial charge in [0.1, 0.15) is 5.75 Å². The smallest absolute Gasteiger partial charge is 0.267 e. The predicted octanol–water partition coefficient (Wildman–Crippen LogP) is 1.38. The third kappa shape index (κ3) is 2.70. The van der Waals surface area contributed by atoms with Crippen LogP contribution in [0.15, 0.2) is 23.0 Å². The molecule has 106 valence electrons. The Morgan fingerprint density at radius 3 is 2.65 bits per heavy atom. The van der Waals surface area contributed by atoms with Crippen LogP contribution in [0.3, 0.4) is 0 Å². The molecule has 7 heteroatoms. The molecule has 0 bridgehead atoms. The summed E-state index contributed by atoms with van der Waals surface area (Å²) in [5.41, 5.74) is 6.66. The number of hydrogen-bond donors (Lipinski definition) is 4. The fraction of sp³-hybridized carbons (Fsp3) is 0.231. The normalized spacial score (nSPS) is 12.3. The van der Waals surface area contributed by atoms with Crippen LogP contribution in [0.2, 0.25) is 5.02 Å². The number of halogens is 1. The van der Waals surface area contributed by atoms with E-state index < -0.39 is 11.8 Å². The molecule has 0 saturated carbocycles. The second kappa shape index (κ2) is 5.42. The molecule has 5 N–H and O–H groups in total. The van der Waals surface area contributed by atoms with Gasteiger partial charge in [-0.3, -0.25) is 14.7 Å². The van der Waals surface area contributed by atoms with Gasteiger partial charge in [-0.2, -0.15) is 0 Å². The van der Waals surface area contributed by atoms with Gasteiger partial charge in [-0.1, -0.05) is 17.7 Å². The molecular weight excluding hydrogens is 282 g/mol. The zero-order chi connectivity index (χ0) is 14.9. The van der Waals surface area contributed by atoms with Gasteiger partial charge in [-0.25, -0.2) is 0 Å². The second-order valence-electron chi connectivity index (χ2n) is 4.55. The molecule has 0 spiro atoms. The summed E-state index contributed by atoms with van der Waals surface area (Å²) < 4.78 is 0. The molecule has 0 saturated heterocycles. The summed E-state index contributed by atoms with van der Waals surface area (Å²) in [6.45, 7) is 1.73. The van der Waals surface area contributed by atoms with Crippen LogP contribution >= 0.6 is 11.6 Å². The maximum Gasteiger partial charge on any atom is 0.267 e. The van der Waals surface area contributed by atoms with E-state index in [0.717, 1.165) is 0 Å². The van der Waals surface area contributed by atoms with Crippen LogP contribution in [0.4, 0.5) is 0 Å². The van der Waals surface area contributed by atoms with Crippen molar-refractivity contribution in [1.29, 1.82) is 0 Å². The number of hydrogen-bond acceptors (Lipinski definition) is 3. The number of phenolic OH excluding ortho intramolecular Hbond substituents is 1. The number of benzene rings is 1. The van der Waals surface area contributed by atoms with E-state index in [4.69, 9.17) is 17.3 Å². The second-order valence-corrected chi connectivity index (χ2v) is 4.96. The number of aromatic nitrogens is 2. The number of primary amides is 1. The molecule has 20 heavy (non-hydrogen) atoms. The minimum atomic E-state index is -0.529. The molecule has 2 aromatic rings. The van der Waals surface area contributed by atoms with Crippen LogP contribution in [0, 0.1) is 6.92 Å². The Morgan fingerprint density at radius 1 is 1.45 bits per heavy atom. The predicted molar refractivity (Wildman–Crippen MR) is 74.9 cm³/mol. The van der Waals surface area contributed by atoms with Gasteiger partial charge in [0, 0.05) is 23.6 Å². The summed E-state index contributed by atoms with van der Waals surface area (Å²) in [4.78, 5) is 23.1. The number of nitrogens with two attached hydrogens (primary N) is 1. The highest BCUT2D eigenvalue weighted by Crippen LogP contribution is 2.32. The van der Waals surface area contributed by atoms with E-state index in [2.05, 4.69) is 10.2 Å². The lowest BCUT2D eigenvalue weighted by molar-refractivity contribution is -0.118. The Labute approximate surface area is 119 Å². The van der Waals surface area contributed by atoms with Gasteiger partial charge < -0.3 is 15.9 Å². The van der Waals surface area contributed by atoms with E-state index in [9.17, 15) is 14.7 Å². The summed E-state index contributed by atoms with van der Waals surface area (Å²) in [5.74, 6) is -1.10. The van der Waals surface area contributed by atoms with E-state index in [-0.39, 0.29) is 22.8 Å². The van der Waals surface area contributed by atoms with Gasteiger partial charge in [0.25, 0.3) is 5.56 Å².